The molecule has 0 spiro atoms. The Morgan fingerprint density at radius 1 is 0.842 bits per heavy atom. The molecule has 6 rings (SSSR count). The zero-order chi connectivity index (χ0) is 26.0. The molecule has 2 bridgehead atoms. The summed E-state index contributed by atoms with van der Waals surface area (Å²) in [5.41, 5.74) is 2.37. The van der Waals surface area contributed by atoms with Gasteiger partial charge >= 0.3 is 0 Å². The van der Waals surface area contributed by atoms with Gasteiger partial charge in [-0.15, -0.1) is 0 Å². The van der Waals surface area contributed by atoms with Crippen molar-refractivity contribution in [3.8, 4) is 0 Å². The molecule has 2 aliphatic rings. The molecule has 2 fully saturated rings. The molecule has 0 aliphatic carbocycles. The molecule has 0 radical (unpaired) electrons. The van der Waals surface area contributed by atoms with Gasteiger partial charge in [0.2, 0.25) is 0 Å². The number of rotatable bonds is 7. The number of nitrogens with one attached hydrogen (secondary N) is 1. The number of benzene rings is 2. The predicted molar refractivity (Wildman–Crippen MR) is 148 cm³/mol. The third-order valence-electron chi connectivity index (χ3n) is 8.43. The van der Waals surface area contributed by atoms with Crippen molar-refractivity contribution >= 4 is 12.1 Å². The van der Waals surface area contributed by atoms with Gasteiger partial charge in [0.25, 0.3) is 0 Å². The average molecular weight is 505 g/mol. The summed E-state index contributed by atoms with van der Waals surface area (Å²) in [4.78, 5) is 24.7. The molecule has 0 amide bonds. The van der Waals surface area contributed by atoms with Crippen LogP contribution in [0, 0.1) is 5.92 Å². The zero-order valence-corrected chi connectivity index (χ0v) is 21.2. The largest absolute Gasteiger partial charge is 0.392 e. The first-order valence-corrected chi connectivity index (χ1v) is 13.3. The Balaban J connectivity index is 1.53. The number of aliphatic hydroxyl groups is 1. The first-order chi connectivity index (χ1) is 18.7. The van der Waals surface area contributed by atoms with Crippen molar-refractivity contribution in [2.24, 2.45) is 5.92 Å². The molecule has 4 aromatic rings. The number of nitrogens with zero attached hydrogens (tertiary/aromatic N) is 3. The highest BCUT2D eigenvalue weighted by Crippen LogP contribution is 2.49. The number of carbonyl (C=O) groups excluding carboxylic acids is 1. The number of fused-ring (bicyclic) bond motifs is 2. The minimum absolute atomic E-state index is 0.0941. The van der Waals surface area contributed by atoms with Crippen molar-refractivity contribution < 1.29 is 9.90 Å². The standard InChI is InChI=1S/C32H32N4O2/c37-21-26-30-25(19-23-11-3-1-4-12-23)35-22-32(31(30)38,27-15-7-9-17-33-27)28(20-24-13-5-2-6-14-24)36(26)29-16-8-10-18-34-29/h1-18,21,25-26,28,30-31,35,38H,19-20,22H2. The third-order valence-corrected chi connectivity index (χ3v) is 8.43. The first kappa shape index (κ1) is 24.5. The molecule has 2 aromatic carbocycles. The maximum absolute atomic E-state index is 13.0. The van der Waals surface area contributed by atoms with Gasteiger partial charge in [-0.3, -0.25) is 4.98 Å². The lowest BCUT2D eigenvalue weighted by Gasteiger charge is -2.62. The van der Waals surface area contributed by atoms with E-state index in [0.717, 1.165) is 23.4 Å². The second-order valence-electron chi connectivity index (χ2n) is 10.4. The summed E-state index contributed by atoms with van der Waals surface area (Å²) in [6, 6.07) is 31.3. The molecular weight excluding hydrogens is 472 g/mol. The Morgan fingerprint density at radius 2 is 1.47 bits per heavy atom. The van der Waals surface area contributed by atoms with E-state index >= 15 is 0 Å². The number of hydrogen-bond donors (Lipinski definition) is 2. The molecule has 6 atom stereocenters. The fourth-order valence-electron chi connectivity index (χ4n) is 6.71. The highest BCUT2D eigenvalue weighted by Gasteiger charge is 2.63. The lowest BCUT2D eigenvalue weighted by Crippen LogP contribution is -2.79. The van der Waals surface area contributed by atoms with Crippen LogP contribution in [0.1, 0.15) is 16.8 Å². The van der Waals surface area contributed by atoms with Gasteiger partial charge in [0.05, 0.1) is 29.3 Å². The van der Waals surface area contributed by atoms with E-state index in [1.54, 1.807) is 12.4 Å². The molecule has 192 valence electrons. The molecule has 0 saturated carbocycles. The van der Waals surface area contributed by atoms with E-state index in [0.29, 0.717) is 19.4 Å². The van der Waals surface area contributed by atoms with Crippen molar-refractivity contribution in [1.29, 1.82) is 0 Å². The second kappa shape index (κ2) is 10.5. The molecule has 2 aromatic heterocycles. The van der Waals surface area contributed by atoms with Crippen molar-refractivity contribution in [3.63, 3.8) is 0 Å². The Kier molecular flexibility index (Phi) is 6.75. The minimum Gasteiger partial charge on any atom is -0.392 e. The highest BCUT2D eigenvalue weighted by molar-refractivity contribution is 5.69. The van der Waals surface area contributed by atoms with Crippen molar-refractivity contribution in [3.05, 3.63) is 126 Å². The highest BCUT2D eigenvalue weighted by atomic mass is 16.3. The number of anilines is 1. The van der Waals surface area contributed by atoms with Gasteiger partial charge in [-0.2, -0.15) is 0 Å². The summed E-state index contributed by atoms with van der Waals surface area (Å²) in [7, 11) is 0. The average Bonchev–Trinajstić information content (AvgIpc) is 2.97. The third kappa shape index (κ3) is 4.20. The predicted octanol–water partition coefficient (Wildman–Crippen LogP) is 3.61. The molecule has 2 saturated heterocycles. The van der Waals surface area contributed by atoms with Crippen molar-refractivity contribution in [1.82, 2.24) is 15.3 Å². The van der Waals surface area contributed by atoms with Crippen LogP contribution in [0.15, 0.2) is 109 Å². The van der Waals surface area contributed by atoms with Gasteiger partial charge < -0.3 is 20.1 Å². The van der Waals surface area contributed by atoms with Crippen LogP contribution >= 0.6 is 0 Å². The Morgan fingerprint density at radius 3 is 2.08 bits per heavy atom. The normalized spacial score (nSPS) is 28.6. The molecule has 2 N–H and O–H groups in total. The van der Waals surface area contributed by atoms with Crippen LogP contribution in [0.25, 0.3) is 0 Å². The van der Waals surface area contributed by atoms with Gasteiger partial charge in [0.1, 0.15) is 12.1 Å². The summed E-state index contributed by atoms with van der Waals surface area (Å²) in [6.45, 7) is 0.533. The maximum atomic E-state index is 13.0. The van der Waals surface area contributed by atoms with Crippen LogP contribution in [0.5, 0.6) is 0 Å². The summed E-state index contributed by atoms with van der Waals surface area (Å²) in [6.07, 6.45) is 5.13. The lowest BCUT2D eigenvalue weighted by atomic mass is 9.57. The Bertz CT molecular complexity index is 1340. The fraction of sp³-hybridized carbons (Fsp3) is 0.281. The van der Waals surface area contributed by atoms with E-state index in [9.17, 15) is 9.90 Å². The lowest BCUT2D eigenvalue weighted by molar-refractivity contribution is -0.119. The zero-order valence-electron chi connectivity index (χ0n) is 21.2. The number of aldehydes is 1. The molecule has 6 unspecified atom stereocenters. The first-order valence-electron chi connectivity index (χ1n) is 13.3. The Hall–Kier alpha value is -3.87. The van der Waals surface area contributed by atoms with Crippen LogP contribution in [-0.2, 0) is 23.1 Å². The van der Waals surface area contributed by atoms with Crippen LogP contribution in [0.4, 0.5) is 5.82 Å². The van der Waals surface area contributed by atoms with Crippen molar-refractivity contribution in [2.45, 2.75) is 42.5 Å². The van der Waals surface area contributed by atoms with E-state index in [2.05, 4.69) is 34.5 Å². The molecule has 4 heterocycles. The van der Waals surface area contributed by atoms with Gasteiger partial charge in [-0.25, -0.2) is 4.98 Å². The molecule has 2 aliphatic heterocycles. The van der Waals surface area contributed by atoms with Gasteiger partial charge in [-0.05, 0) is 48.2 Å². The van der Waals surface area contributed by atoms with E-state index in [1.165, 1.54) is 5.56 Å². The number of pyridine rings is 2. The number of aliphatic hydroxyl groups excluding tert-OH is 1. The van der Waals surface area contributed by atoms with Gasteiger partial charge in [0, 0.05) is 30.9 Å². The minimum atomic E-state index is -0.781. The number of piperidine rings is 2. The topological polar surface area (TPSA) is 78.3 Å². The number of carbonyl (C=O) groups is 1. The van der Waals surface area contributed by atoms with E-state index in [-0.39, 0.29) is 18.0 Å². The van der Waals surface area contributed by atoms with Crippen LogP contribution < -0.4 is 10.2 Å². The molecule has 6 heteroatoms. The fourth-order valence-corrected chi connectivity index (χ4v) is 6.71. The smallest absolute Gasteiger partial charge is 0.142 e. The van der Waals surface area contributed by atoms with E-state index in [1.807, 2.05) is 72.8 Å². The summed E-state index contributed by atoms with van der Waals surface area (Å²) in [5, 5.41) is 16.2. The number of hydrogen-bond acceptors (Lipinski definition) is 6. The SMILES string of the molecule is O=CC1C2C(Cc3ccccc3)NCC(c3ccccn3)(C2O)C(Cc2ccccc2)N1c1ccccn1. The molecular formula is C32H32N4O2. The monoisotopic (exact) mass is 504 g/mol. The van der Waals surface area contributed by atoms with Gasteiger partial charge in [0.15, 0.2) is 0 Å². The molecule has 6 nitrogen and oxygen atoms in total. The van der Waals surface area contributed by atoms with Crippen LogP contribution in [0.2, 0.25) is 0 Å². The summed E-state index contributed by atoms with van der Waals surface area (Å²) < 4.78 is 0. The van der Waals surface area contributed by atoms with Crippen LogP contribution in [0.3, 0.4) is 0 Å². The second-order valence-corrected chi connectivity index (χ2v) is 10.4. The van der Waals surface area contributed by atoms with Crippen molar-refractivity contribution in [2.75, 3.05) is 11.4 Å². The van der Waals surface area contributed by atoms with E-state index in [4.69, 9.17) is 9.97 Å². The van der Waals surface area contributed by atoms with Crippen LogP contribution in [-0.4, -0.2) is 52.1 Å². The van der Waals surface area contributed by atoms with E-state index < -0.39 is 17.6 Å². The molecule has 38 heavy (non-hydrogen) atoms. The summed E-state index contributed by atoms with van der Waals surface area (Å²) in [5.74, 6) is 0.376. The summed E-state index contributed by atoms with van der Waals surface area (Å²) >= 11 is 0. The number of aromatic nitrogens is 2. The Labute approximate surface area is 223 Å². The maximum Gasteiger partial charge on any atom is 0.142 e. The quantitative estimate of drug-likeness (QED) is 0.375. The van der Waals surface area contributed by atoms with Gasteiger partial charge in [-0.1, -0.05) is 72.8 Å².